The van der Waals surface area contributed by atoms with Gasteiger partial charge >= 0.3 is 6.09 Å². The van der Waals surface area contributed by atoms with Gasteiger partial charge in [0.1, 0.15) is 5.60 Å². The minimum Gasteiger partial charge on any atom is -0.444 e. The number of imidazole rings is 1. The van der Waals surface area contributed by atoms with Gasteiger partial charge in [0.2, 0.25) is 0 Å². The first kappa shape index (κ1) is 16.1. The summed E-state index contributed by atoms with van der Waals surface area (Å²) in [5.74, 6) is 0. The summed E-state index contributed by atoms with van der Waals surface area (Å²) in [6, 6.07) is 7.77. The molecule has 5 nitrogen and oxygen atoms in total. The summed E-state index contributed by atoms with van der Waals surface area (Å²) in [5, 5.41) is 2.82. The molecule has 0 unspecified atom stereocenters. The first-order chi connectivity index (χ1) is 10.3. The number of amides is 1. The van der Waals surface area contributed by atoms with Gasteiger partial charge in [-0.1, -0.05) is 18.2 Å². The van der Waals surface area contributed by atoms with E-state index in [0.29, 0.717) is 0 Å². The fourth-order valence-electron chi connectivity index (χ4n) is 2.12. The summed E-state index contributed by atoms with van der Waals surface area (Å²) in [6.45, 7) is 8.32. The van der Waals surface area contributed by atoms with Crippen molar-refractivity contribution in [2.45, 2.75) is 46.3 Å². The summed E-state index contributed by atoms with van der Waals surface area (Å²) in [7, 11) is 0. The second-order valence-corrected chi connectivity index (χ2v) is 6.29. The van der Waals surface area contributed by atoms with Crippen LogP contribution in [-0.2, 0) is 17.7 Å². The number of benzene rings is 1. The number of hydrogen-bond donors (Lipinski definition) is 1. The molecule has 1 aromatic heterocycles. The van der Waals surface area contributed by atoms with Crippen LogP contribution in [0.2, 0.25) is 0 Å². The van der Waals surface area contributed by atoms with Gasteiger partial charge in [0.05, 0.1) is 12.0 Å². The van der Waals surface area contributed by atoms with Crippen LogP contribution in [0.1, 0.15) is 32.0 Å². The van der Waals surface area contributed by atoms with E-state index in [0.717, 1.165) is 29.9 Å². The molecule has 1 heterocycles. The Hall–Kier alpha value is -2.30. The maximum atomic E-state index is 11.9. The molecule has 0 atom stereocenters. The predicted octanol–water partition coefficient (Wildman–Crippen LogP) is 3.78. The number of carbonyl (C=O) groups is 1. The summed E-state index contributed by atoms with van der Waals surface area (Å²) >= 11 is 0. The molecule has 5 heteroatoms. The normalized spacial score (nSPS) is 11.3. The Kier molecular flexibility index (Phi) is 4.85. The van der Waals surface area contributed by atoms with Crippen LogP contribution in [0.5, 0.6) is 0 Å². The lowest BCUT2D eigenvalue weighted by atomic mass is 10.1. The Bertz CT molecular complexity index is 641. The topological polar surface area (TPSA) is 56.2 Å². The van der Waals surface area contributed by atoms with E-state index in [2.05, 4.69) is 10.3 Å². The molecule has 2 aromatic rings. The second kappa shape index (κ2) is 6.64. The molecule has 0 aliphatic rings. The highest BCUT2D eigenvalue weighted by Gasteiger charge is 2.17. The molecule has 0 fully saturated rings. The third-order valence-corrected chi connectivity index (χ3v) is 3.05. The highest BCUT2D eigenvalue weighted by atomic mass is 16.6. The van der Waals surface area contributed by atoms with Crippen molar-refractivity contribution in [3.05, 3.63) is 48.0 Å². The molecule has 1 amide bonds. The number of aryl methyl sites for hydroxylation is 3. The van der Waals surface area contributed by atoms with Gasteiger partial charge < -0.3 is 9.30 Å². The molecule has 22 heavy (non-hydrogen) atoms. The number of anilines is 1. The average molecular weight is 301 g/mol. The summed E-state index contributed by atoms with van der Waals surface area (Å²) in [6.07, 6.45) is 4.20. The number of para-hydroxylation sites is 1. The van der Waals surface area contributed by atoms with Gasteiger partial charge in [0.25, 0.3) is 0 Å². The fourth-order valence-corrected chi connectivity index (χ4v) is 2.12. The molecule has 1 N–H and O–H groups in total. The molecule has 0 aliphatic carbocycles. The van der Waals surface area contributed by atoms with Gasteiger partial charge in [-0.25, -0.2) is 9.78 Å². The van der Waals surface area contributed by atoms with Crippen LogP contribution in [0, 0.1) is 6.92 Å². The summed E-state index contributed by atoms with van der Waals surface area (Å²) in [4.78, 5) is 16.1. The zero-order chi connectivity index (χ0) is 16.2. The summed E-state index contributed by atoms with van der Waals surface area (Å²) < 4.78 is 7.34. The van der Waals surface area contributed by atoms with Crippen LogP contribution in [0.25, 0.3) is 0 Å². The SMILES string of the molecule is Cc1cn(CCc2ccccc2NC(=O)OC(C)(C)C)cn1. The smallest absolute Gasteiger partial charge is 0.412 e. The second-order valence-electron chi connectivity index (χ2n) is 6.29. The van der Waals surface area contributed by atoms with Crippen LogP contribution >= 0.6 is 0 Å². The summed E-state index contributed by atoms with van der Waals surface area (Å²) in [5.41, 5.74) is 2.35. The Morgan fingerprint density at radius 3 is 2.68 bits per heavy atom. The van der Waals surface area contributed by atoms with Crippen LogP contribution in [0.4, 0.5) is 10.5 Å². The standard InChI is InChI=1S/C17H23N3O2/c1-13-11-20(12-18-13)10-9-14-7-5-6-8-15(14)19-16(21)22-17(2,3)4/h5-8,11-12H,9-10H2,1-4H3,(H,19,21). The van der Waals surface area contributed by atoms with Crippen molar-refractivity contribution in [3.63, 3.8) is 0 Å². The zero-order valence-corrected chi connectivity index (χ0v) is 13.6. The van der Waals surface area contributed by atoms with Crippen molar-refractivity contribution in [3.8, 4) is 0 Å². The lowest BCUT2D eigenvalue weighted by Gasteiger charge is -2.20. The van der Waals surface area contributed by atoms with Gasteiger partial charge in [-0.3, -0.25) is 5.32 Å². The van der Waals surface area contributed by atoms with E-state index in [1.165, 1.54) is 0 Å². The molecular formula is C17H23N3O2. The third kappa shape index (κ3) is 4.91. The van der Waals surface area contributed by atoms with E-state index in [1.54, 1.807) is 0 Å². The maximum Gasteiger partial charge on any atom is 0.412 e. The first-order valence-corrected chi connectivity index (χ1v) is 7.40. The van der Waals surface area contributed by atoms with E-state index >= 15 is 0 Å². The number of rotatable bonds is 4. The van der Waals surface area contributed by atoms with Crippen molar-refractivity contribution < 1.29 is 9.53 Å². The molecule has 2 rings (SSSR count). The number of hydrogen-bond acceptors (Lipinski definition) is 3. The Morgan fingerprint density at radius 2 is 2.05 bits per heavy atom. The van der Waals surface area contributed by atoms with Crippen LogP contribution in [-0.4, -0.2) is 21.2 Å². The van der Waals surface area contributed by atoms with E-state index in [1.807, 2.05) is 69.1 Å². The van der Waals surface area contributed by atoms with E-state index in [4.69, 9.17) is 4.74 Å². The first-order valence-electron chi connectivity index (χ1n) is 7.40. The van der Waals surface area contributed by atoms with Gasteiger partial charge in [-0.2, -0.15) is 0 Å². The molecule has 0 saturated heterocycles. The lowest BCUT2D eigenvalue weighted by Crippen LogP contribution is -2.27. The maximum absolute atomic E-state index is 11.9. The van der Waals surface area contributed by atoms with Crippen molar-refractivity contribution in [1.29, 1.82) is 0 Å². The van der Waals surface area contributed by atoms with E-state index in [-0.39, 0.29) is 0 Å². The largest absolute Gasteiger partial charge is 0.444 e. The van der Waals surface area contributed by atoms with Crippen molar-refractivity contribution in [1.82, 2.24) is 9.55 Å². The number of aromatic nitrogens is 2. The number of nitrogens with zero attached hydrogens (tertiary/aromatic N) is 2. The minimum atomic E-state index is -0.507. The number of ether oxygens (including phenoxy) is 1. The monoisotopic (exact) mass is 301 g/mol. The number of nitrogens with one attached hydrogen (secondary N) is 1. The Labute approximate surface area is 131 Å². The van der Waals surface area contributed by atoms with Crippen LogP contribution < -0.4 is 5.32 Å². The number of carbonyl (C=O) groups excluding carboxylic acids is 1. The molecule has 0 bridgehead atoms. The molecule has 0 spiro atoms. The van der Waals surface area contributed by atoms with Gasteiger partial charge in [-0.05, 0) is 45.7 Å². The predicted molar refractivity (Wildman–Crippen MR) is 87.0 cm³/mol. The van der Waals surface area contributed by atoms with Gasteiger partial charge in [0.15, 0.2) is 0 Å². The van der Waals surface area contributed by atoms with E-state index < -0.39 is 11.7 Å². The molecule has 0 radical (unpaired) electrons. The molecular weight excluding hydrogens is 278 g/mol. The highest BCUT2D eigenvalue weighted by molar-refractivity contribution is 5.85. The highest BCUT2D eigenvalue weighted by Crippen LogP contribution is 2.18. The molecule has 118 valence electrons. The van der Waals surface area contributed by atoms with Crippen LogP contribution in [0.15, 0.2) is 36.8 Å². The molecule has 0 aliphatic heterocycles. The van der Waals surface area contributed by atoms with Crippen molar-refractivity contribution in [2.75, 3.05) is 5.32 Å². The minimum absolute atomic E-state index is 0.432. The molecule has 0 saturated carbocycles. The lowest BCUT2D eigenvalue weighted by molar-refractivity contribution is 0.0636. The van der Waals surface area contributed by atoms with Crippen molar-refractivity contribution in [2.24, 2.45) is 0 Å². The Balaban J connectivity index is 2.01. The fraction of sp³-hybridized carbons (Fsp3) is 0.412. The van der Waals surface area contributed by atoms with Crippen LogP contribution in [0.3, 0.4) is 0 Å². The van der Waals surface area contributed by atoms with E-state index in [9.17, 15) is 4.79 Å². The third-order valence-electron chi connectivity index (χ3n) is 3.05. The molecule has 1 aromatic carbocycles. The van der Waals surface area contributed by atoms with Crippen molar-refractivity contribution >= 4 is 11.8 Å². The zero-order valence-electron chi connectivity index (χ0n) is 13.6. The van der Waals surface area contributed by atoms with Gasteiger partial charge in [-0.15, -0.1) is 0 Å². The average Bonchev–Trinajstić information content (AvgIpc) is 2.81. The van der Waals surface area contributed by atoms with Gasteiger partial charge in [0, 0.05) is 18.4 Å². The Morgan fingerprint density at radius 1 is 1.32 bits per heavy atom. The quantitative estimate of drug-likeness (QED) is 0.935.